The highest BCUT2D eigenvalue weighted by Gasteiger charge is 2.06. The van der Waals surface area contributed by atoms with Crippen molar-refractivity contribution in [3.8, 4) is 10.6 Å². The fourth-order valence-corrected chi connectivity index (χ4v) is 3.13. The Morgan fingerprint density at radius 3 is 2.60 bits per heavy atom. The summed E-state index contributed by atoms with van der Waals surface area (Å²) in [5.74, 6) is 0. The van der Waals surface area contributed by atoms with E-state index in [9.17, 15) is 0 Å². The third-order valence-electron chi connectivity index (χ3n) is 2.92. The molecule has 0 unspecified atom stereocenters. The summed E-state index contributed by atoms with van der Waals surface area (Å²) in [4.78, 5) is 1.28. The molecule has 0 bridgehead atoms. The molecular formula is C15H21N3S2. The molecule has 0 saturated heterocycles. The zero-order valence-corrected chi connectivity index (χ0v) is 13.9. The van der Waals surface area contributed by atoms with Crippen LogP contribution in [0.3, 0.4) is 0 Å². The number of nitrogens with one attached hydrogen (secondary N) is 1. The zero-order valence-electron chi connectivity index (χ0n) is 12.2. The second-order valence-corrected chi connectivity index (χ2v) is 6.88. The van der Waals surface area contributed by atoms with Gasteiger partial charge in [0.15, 0.2) is 0 Å². The van der Waals surface area contributed by atoms with Crippen LogP contribution in [0, 0.1) is 0 Å². The molecule has 0 aliphatic heterocycles. The summed E-state index contributed by atoms with van der Waals surface area (Å²) in [6, 6.07) is 9.06. The van der Waals surface area contributed by atoms with Crippen LogP contribution in [-0.2, 0) is 6.42 Å². The van der Waals surface area contributed by atoms with Crippen molar-refractivity contribution in [2.45, 2.75) is 37.6 Å². The van der Waals surface area contributed by atoms with Gasteiger partial charge in [-0.05, 0) is 31.4 Å². The monoisotopic (exact) mass is 307 g/mol. The predicted octanol–water partition coefficient (Wildman–Crippen LogP) is 3.86. The maximum atomic E-state index is 4.30. The fraction of sp³-hybridized carbons (Fsp3) is 0.467. The highest BCUT2D eigenvalue weighted by molar-refractivity contribution is 7.98. The van der Waals surface area contributed by atoms with E-state index < -0.39 is 0 Å². The molecule has 0 aliphatic carbocycles. The van der Waals surface area contributed by atoms with Crippen LogP contribution in [0.25, 0.3) is 10.6 Å². The molecule has 1 N–H and O–H groups in total. The van der Waals surface area contributed by atoms with Crippen LogP contribution in [0.15, 0.2) is 29.2 Å². The van der Waals surface area contributed by atoms with Gasteiger partial charge in [0, 0.05) is 22.9 Å². The van der Waals surface area contributed by atoms with Gasteiger partial charge < -0.3 is 5.32 Å². The standard InChI is InChI=1S/C15H21N3S2/c1-11(2)16-10-4-5-14-17-18-15(20-14)12-6-8-13(19-3)9-7-12/h6-9,11,16H,4-5,10H2,1-3H3. The molecule has 0 fully saturated rings. The first-order valence-corrected chi connectivity index (χ1v) is 8.93. The first kappa shape index (κ1) is 15.5. The molecule has 0 spiro atoms. The Morgan fingerprint density at radius 2 is 1.95 bits per heavy atom. The van der Waals surface area contributed by atoms with E-state index in [1.807, 2.05) is 0 Å². The van der Waals surface area contributed by atoms with Crippen molar-refractivity contribution in [2.75, 3.05) is 12.8 Å². The lowest BCUT2D eigenvalue weighted by Crippen LogP contribution is -2.23. The van der Waals surface area contributed by atoms with Crippen molar-refractivity contribution in [3.63, 3.8) is 0 Å². The Labute approximate surface area is 129 Å². The quantitative estimate of drug-likeness (QED) is 0.622. The molecule has 1 aromatic carbocycles. The summed E-state index contributed by atoms with van der Waals surface area (Å²) < 4.78 is 0. The van der Waals surface area contributed by atoms with Crippen molar-refractivity contribution in [2.24, 2.45) is 0 Å². The van der Waals surface area contributed by atoms with Crippen LogP contribution in [0.1, 0.15) is 25.3 Å². The van der Waals surface area contributed by atoms with Crippen LogP contribution < -0.4 is 5.32 Å². The number of hydrogen-bond donors (Lipinski definition) is 1. The fourth-order valence-electron chi connectivity index (χ4n) is 1.84. The van der Waals surface area contributed by atoms with Gasteiger partial charge in [-0.2, -0.15) is 0 Å². The molecule has 5 heteroatoms. The lowest BCUT2D eigenvalue weighted by atomic mass is 10.2. The van der Waals surface area contributed by atoms with E-state index in [1.54, 1.807) is 23.1 Å². The summed E-state index contributed by atoms with van der Waals surface area (Å²) in [5, 5.41) is 14.1. The van der Waals surface area contributed by atoms with Crippen molar-refractivity contribution < 1.29 is 0 Å². The van der Waals surface area contributed by atoms with E-state index in [0.717, 1.165) is 35.0 Å². The lowest BCUT2D eigenvalue weighted by Gasteiger charge is -2.05. The van der Waals surface area contributed by atoms with Crippen molar-refractivity contribution >= 4 is 23.1 Å². The molecular weight excluding hydrogens is 286 g/mol. The van der Waals surface area contributed by atoms with Gasteiger partial charge in [0.1, 0.15) is 10.0 Å². The normalized spacial score (nSPS) is 11.2. The van der Waals surface area contributed by atoms with E-state index >= 15 is 0 Å². The third kappa shape index (κ3) is 4.58. The van der Waals surface area contributed by atoms with Gasteiger partial charge in [0.05, 0.1) is 0 Å². The maximum absolute atomic E-state index is 4.30. The maximum Gasteiger partial charge on any atom is 0.147 e. The molecule has 0 radical (unpaired) electrons. The minimum Gasteiger partial charge on any atom is -0.315 e. The van der Waals surface area contributed by atoms with E-state index in [-0.39, 0.29) is 0 Å². The van der Waals surface area contributed by atoms with Gasteiger partial charge in [-0.1, -0.05) is 37.3 Å². The molecule has 0 saturated carbocycles. The van der Waals surface area contributed by atoms with Crippen LogP contribution in [0.4, 0.5) is 0 Å². The highest BCUT2D eigenvalue weighted by Crippen LogP contribution is 2.26. The number of aromatic nitrogens is 2. The molecule has 1 aromatic heterocycles. The van der Waals surface area contributed by atoms with Crippen molar-refractivity contribution in [1.82, 2.24) is 15.5 Å². The molecule has 2 aromatic rings. The van der Waals surface area contributed by atoms with Crippen molar-refractivity contribution in [1.29, 1.82) is 0 Å². The smallest absolute Gasteiger partial charge is 0.147 e. The van der Waals surface area contributed by atoms with Crippen molar-refractivity contribution in [3.05, 3.63) is 29.3 Å². The van der Waals surface area contributed by atoms with Gasteiger partial charge in [0.25, 0.3) is 0 Å². The molecule has 2 rings (SSSR count). The van der Waals surface area contributed by atoms with Crippen LogP contribution in [0.2, 0.25) is 0 Å². The number of thioether (sulfide) groups is 1. The largest absolute Gasteiger partial charge is 0.315 e. The minimum absolute atomic E-state index is 0.551. The average Bonchev–Trinajstić information content (AvgIpc) is 2.92. The van der Waals surface area contributed by atoms with E-state index in [0.29, 0.717) is 6.04 Å². The SMILES string of the molecule is CSc1ccc(-c2nnc(CCCNC(C)C)s2)cc1. The van der Waals surface area contributed by atoms with Crippen LogP contribution in [-0.4, -0.2) is 29.0 Å². The van der Waals surface area contributed by atoms with E-state index in [4.69, 9.17) is 0 Å². The van der Waals surface area contributed by atoms with Gasteiger partial charge >= 0.3 is 0 Å². The summed E-state index contributed by atoms with van der Waals surface area (Å²) in [6.07, 6.45) is 4.20. The molecule has 3 nitrogen and oxygen atoms in total. The highest BCUT2D eigenvalue weighted by atomic mass is 32.2. The second kappa shape index (κ2) is 7.76. The molecule has 0 aliphatic rings. The Hall–Kier alpha value is -0.910. The van der Waals surface area contributed by atoms with Crippen LogP contribution >= 0.6 is 23.1 Å². The van der Waals surface area contributed by atoms with E-state index in [2.05, 4.69) is 59.9 Å². The minimum atomic E-state index is 0.551. The number of hydrogen-bond acceptors (Lipinski definition) is 5. The number of nitrogens with zero attached hydrogens (tertiary/aromatic N) is 2. The Bertz CT molecular complexity index is 520. The first-order valence-electron chi connectivity index (χ1n) is 6.89. The van der Waals surface area contributed by atoms with Gasteiger partial charge in [-0.15, -0.1) is 22.0 Å². The van der Waals surface area contributed by atoms with Gasteiger partial charge in [-0.25, -0.2) is 0 Å². The Balaban J connectivity index is 1.90. The average molecular weight is 307 g/mol. The topological polar surface area (TPSA) is 37.8 Å². The van der Waals surface area contributed by atoms with Crippen LogP contribution in [0.5, 0.6) is 0 Å². The third-order valence-corrected chi connectivity index (χ3v) is 4.70. The zero-order chi connectivity index (χ0) is 14.4. The molecule has 0 atom stereocenters. The molecule has 1 heterocycles. The van der Waals surface area contributed by atoms with Gasteiger partial charge in [-0.3, -0.25) is 0 Å². The predicted molar refractivity (Wildman–Crippen MR) is 88.6 cm³/mol. The molecule has 108 valence electrons. The number of aryl methyl sites for hydroxylation is 1. The lowest BCUT2D eigenvalue weighted by molar-refractivity contribution is 0.569. The summed E-state index contributed by atoms with van der Waals surface area (Å²) in [7, 11) is 0. The number of rotatable bonds is 7. The number of benzene rings is 1. The Kier molecular flexibility index (Phi) is 6.01. The Morgan fingerprint density at radius 1 is 1.20 bits per heavy atom. The second-order valence-electron chi connectivity index (χ2n) is 4.94. The molecule has 20 heavy (non-hydrogen) atoms. The molecule has 0 amide bonds. The summed E-state index contributed by atoms with van der Waals surface area (Å²) in [5.41, 5.74) is 1.16. The summed E-state index contributed by atoms with van der Waals surface area (Å²) in [6.45, 7) is 5.37. The first-order chi connectivity index (χ1) is 9.69. The summed E-state index contributed by atoms with van der Waals surface area (Å²) >= 11 is 3.46. The van der Waals surface area contributed by atoms with Gasteiger partial charge in [0.2, 0.25) is 0 Å². The van der Waals surface area contributed by atoms with E-state index in [1.165, 1.54) is 4.90 Å².